The summed E-state index contributed by atoms with van der Waals surface area (Å²) in [6.45, 7) is 1.92. The standard InChI is InChI=1S/C21H18O2/c1-21(20(23)18-10-6-3-7-11-18)14-12-17(13-15-21)19(22)16-8-4-2-5-9-16/h2-14H,15H2,1H3. The maximum Gasteiger partial charge on any atom is 0.192 e. The maximum atomic E-state index is 12.7. The van der Waals surface area contributed by atoms with Crippen LogP contribution in [0.25, 0.3) is 0 Å². The first kappa shape index (κ1) is 15.2. The lowest BCUT2D eigenvalue weighted by Gasteiger charge is -2.26. The van der Waals surface area contributed by atoms with E-state index in [9.17, 15) is 9.59 Å². The average Bonchev–Trinajstić information content (AvgIpc) is 2.62. The molecule has 0 bridgehead atoms. The summed E-state index contributed by atoms with van der Waals surface area (Å²) >= 11 is 0. The van der Waals surface area contributed by atoms with E-state index in [0.29, 0.717) is 23.1 Å². The van der Waals surface area contributed by atoms with Crippen molar-refractivity contribution in [2.75, 3.05) is 0 Å². The van der Waals surface area contributed by atoms with Crippen molar-refractivity contribution in [1.29, 1.82) is 0 Å². The van der Waals surface area contributed by atoms with Crippen LogP contribution in [0.2, 0.25) is 0 Å². The van der Waals surface area contributed by atoms with Crippen LogP contribution in [0.3, 0.4) is 0 Å². The predicted molar refractivity (Wildman–Crippen MR) is 91.5 cm³/mol. The molecule has 2 aromatic carbocycles. The molecule has 0 heterocycles. The van der Waals surface area contributed by atoms with Crippen molar-refractivity contribution in [1.82, 2.24) is 0 Å². The second-order valence-electron chi connectivity index (χ2n) is 6.00. The highest BCUT2D eigenvalue weighted by Gasteiger charge is 2.32. The number of hydrogen-bond donors (Lipinski definition) is 0. The summed E-state index contributed by atoms with van der Waals surface area (Å²) in [4.78, 5) is 25.1. The molecule has 2 aromatic rings. The minimum Gasteiger partial charge on any atom is -0.293 e. The number of ketones is 2. The van der Waals surface area contributed by atoms with Gasteiger partial charge >= 0.3 is 0 Å². The molecule has 0 saturated heterocycles. The van der Waals surface area contributed by atoms with Crippen molar-refractivity contribution >= 4 is 11.6 Å². The molecule has 1 aliphatic rings. The van der Waals surface area contributed by atoms with Gasteiger partial charge in [-0.05, 0) is 13.3 Å². The summed E-state index contributed by atoms with van der Waals surface area (Å²) in [6, 6.07) is 18.5. The van der Waals surface area contributed by atoms with Gasteiger partial charge in [0.2, 0.25) is 0 Å². The van der Waals surface area contributed by atoms with Crippen molar-refractivity contribution in [3.8, 4) is 0 Å². The fraction of sp³-hybridized carbons (Fsp3) is 0.143. The van der Waals surface area contributed by atoms with Crippen molar-refractivity contribution in [3.05, 3.63) is 95.6 Å². The summed E-state index contributed by atoms with van der Waals surface area (Å²) in [5, 5.41) is 0. The van der Waals surface area contributed by atoms with Crippen LogP contribution < -0.4 is 0 Å². The van der Waals surface area contributed by atoms with Gasteiger partial charge in [-0.15, -0.1) is 0 Å². The Kier molecular flexibility index (Phi) is 4.07. The van der Waals surface area contributed by atoms with Crippen LogP contribution in [-0.4, -0.2) is 11.6 Å². The molecule has 0 aliphatic heterocycles. The third-order valence-electron chi connectivity index (χ3n) is 4.23. The Morgan fingerprint density at radius 1 is 0.870 bits per heavy atom. The normalized spacial score (nSPS) is 20.0. The Morgan fingerprint density at radius 3 is 1.96 bits per heavy atom. The Hall–Kier alpha value is -2.74. The van der Waals surface area contributed by atoms with Crippen LogP contribution >= 0.6 is 0 Å². The van der Waals surface area contributed by atoms with Crippen LogP contribution in [0.4, 0.5) is 0 Å². The van der Waals surface area contributed by atoms with E-state index in [1.54, 1.807) is 18.2 Å². The summed E-state index contributed by atoms with van der Waals surface area (Å²) in [7, 11) is 0. The van der Waals surface area contributed by atoms with Gasteiger partial charge in [-0.25, -0.2) is 0 Å². The lowest BCUT2D eigenvalue weighted by Crippen LogP contribution is -2.27. The zero-order chi connectivity index (χ0) is 16.3. The van der Waals surface area contributed by atoms with Crippen LogP contribution in [0, 0.1) is 5.41 Å². The first-order valence-electron chi connectivity index (χ1n) is 7.69. The number of carbonyl (C=O) groups excluding carboxylic acids is 2. The smallest absolute Gasteiger partial charge is 0.192 e. The third kappa shape index (κ3) is 3.07. The first-order valence-corrected chi connectivity index (χ1v) is 7.69. The molecule has 2 heteroatoms. The van der Waals surface area contributed by atoms with Gasteiger partial charge in [-0.2, -0.15) is 0 Å². The van der Waals surface area contributed by atoms with Crippen molar-refractivity contribution in [2.45, 2.75) is 13.3 Å². The van der Waals surface area contributed by atoms with E-state index in [1.807, 2.05) is 67.6 Å². The molecule has 1 aliphatic carbocycles. The van der Waals surface area contributed by atoms with Crippen LogP contribution in [0.5, 0.6) is 0 Å². The molecule has 0 amide bonds. The van der Waals surface area contributed by atoms with Gasteiger partial charge < -0.3 is 0 Å². The van der Waals surface area contributed by atoms with E-state index in [2.05, 4.69) is 0 Å². The number of allylic oxidation sites excluding steroid dienone is 4. The summed E-state index contributed by atoms with van der Waals surface area (Å²) in [5.74, 6) is 0.0767. The van der Waals surface area contributed by atoms with E-state index in [1.165, 1.54) is 0 Å². The highest BCUT2D eigenvalue weighted by Crippen LogP contribution is 2.33. The lowest BCUT2D eigenvalue weighted by atomic mass is 9.75. The monoisotopic (exact) mass is 302 g/mol. The molecular weight excluding hydrogens is 284 g/mol. The van der Waals surface area contributed by atoms with Crippen LogP contribution in [-0.2, 0) is 0 Å². The number of benzene rings is 2. The predicted octanol–water partition coefficient (Wildman–Crippen LogP) is 4.64. The number of Topliss-reactive ketones (excluding diaryl/α,β-unsaturated/α-hetero) is 2. The molecule has 0 radical (unpaired) electrons. The second kappa shape index (κ2) is 6.17. The van der Waals surface area contributed by atoms with E-state index in [4.69, 9.17) is 0 Å². The maximum absolute atomic E-state index is 12.7. The molecule has 0 fully saturated rings. The molecule has 1 unspecified atom stereocenters. The van der Waals surface area contributed by atoms with E-state index >= 15 is 0 Å². The molecule has 3 rings (SSSR count). The molecule has 0 saturated carbocycles. The molecule has 0 spiro atoms. The summed E-state index contributed by atoms with van der Waals surface area (Å²) in [5.41, 5.74) is 1.42. The van der Waals surface area contributed by atoms with Gasteiger partial charge in [0.1, 0.15) is 0 Å². The SMILES string of the molecule is CC1(C(=O)c2ccccc2)C=CC(C(=O)c2ccccc2)=CC1. The van der Waals surface area contributed by atoms with Crippen LogP contribution in [0.15, 0.2) is 84.5 Å². The molecular formula is C21H18O2. The Labute approximate surface area is 136 Å². The Morgan fingerprint density at radius 2 is 1.43 bits per heavy atom. The highest BCUT2D eigenvalue weighted by atomic mass is 16.1. The molecule has 0 aromatic heterocycles. The largest absolute Gasteiger partial charge is 0.293 e. The van der Waals surface area contributed by atoms with Crippen molar-refractivity contribution in [3.63, 3.8) is 0 Å². The zero-order valence-electron chi connectivity index (χ0n) is 13.0. The first-order chi connectivity index (χ1) is 11.1. The third-order valence-corrected chi connectivity index (χ3v) is 4.23. The molecule has 23 heavy (non-hydrogen) atoms. The Balaban J connectivity index is 1.79. The van der Waals surface area contributed by atoms with Gasteiger partial charge in [0, 0.05) is 16.7 Å². The average molecular weight is 302 g/mol. The summed E-state index contributed by atoms with van der Waals surface area (Å²) in [6.07, 6.45) is 6.04. The quantitative estimate of drug-likeness (QED) is 0.771. The van der Waals surface area contributed by atoms with E-state index < -0.39 is 5.41 Å². The van der Waals surface area contributed by atoms with Gasteiger partial charge in [0.25, 0.3) is 0 Å². The van der Waals surface area contributed by atoms with Crippen molar-refractivity contribution < 1.29 is 9.59 Å². The molecule has 1 atom stereocenters. The lowest BCUT2D eigenvalue weighted by molar-refractivity contribution is 0.0867. The molecule has 114 valence electrons. The van der Waals surface area contributed by atoms with Gasteiger partial charge in [-0.1, -0.05) is 78.9 Å². The van der Waals surface area contributed by atoms with E-state index in [-0.39, 0.29) is 11.6 Å². The summed E-state index contributed by atoms with van der Waals surface area (Å²) < 4.78 is 0. The zero-order valence-corrected chi connectivity index (χ0v) is 13.0. The van der Waals surface area contributed by atoms with E-state index in [0.717, 1.165) is 0 Å². The highest BCUT2D eigenvalue weighted by molar-refractivity contribution is 6.11. The Bertz CT molecular complexity index is 785. The minimum absolute atomic E-state index is 0.00365. The fourth-order valence-corrected chi connectivity index (χ4v) is 2.74. The minimum atomic E-state index is -0.595. The number of carbonyl (C=O) groups is 2. The number of hydrogen-bond acceptors (Lipinski definition) is 2. The second-order valence-corrected chi connectivity index (χ2v) is 6.00. The molecule has 2 nitrogen and oxygen atoms in total. The van der Waals surface area contributed by atoms with Crippen molar-refractivity contribution in [2.24, 2.45) is 5.41 Å². The van der Waals surface area contributed by atoms with Crippen LogP contribution in [0.1, 0.15) is 34.1 Å². The van der Waals surface area contributed by atoms with Gasteiger partial charge in [-0.3, -0.25) is 9.59 Å². The van der Waals surface area contributed by atoms with Gasteiger partial charge in [0.15, 0.2) is 11.6 Å². The topological polar surface area (TPSA) is 34.1 Å². The molecule has 0 N–H and O–H groups in total. The van der Waals surface area contributed by atoms with Gasteiger partial charge in [0.05, 0.1) is 5.41 Å². The number of rotatable bonds is 4. The fourth-order valence-electron chi connectivity index (χ4n) is 2.74.